The van der Waals surface area contributed by atoms with E-state index in [1.54, 1.807) is 0 Å². The van der Waals surface area contributed by atoms with Gasteiger partial charge >= 0.3 is 0 Å². The van der Waals surface area contributed by atoms with E-state index in [-0.39, 0.29) is 0 Å². The van der Waals surface area contributed by atoms with Crippen LogP contribution in [0.2, 0.25) is 0 Å². The van der Waals surface area contributed by atoms with Crippen molar-refractivity contribution in [2.45, 2.75) is 46.0 Å². The fourth-order valence-electron chi connectivity index (χ4n) is 2.66. The molecule has 1 heterocycles. The van der Waals surface area contributed by atoms with Gasteiger partial charge in [0.15, 0.2) is 0 Å². The van der Waals surface area contributed by atoms with Crippen molar-refractivity contribution >= 4 is 11.4 Å². The maximum absolute atomic E-state index is 3.50. The summed E-state index contributed by atoms with van der Waals surface area (Å²) < 4.78 is 0. The highest BCUT2D eigenvalue weighted by Crippen LogP contribution is 2.24. The van der Waals surface area contributed by atoms with Crippen LogP contribution in [-0.4, -0.2) is 19.6 Å². The third-order valence-corrected chi connectivity index (χ3v) is 4.13. The molecular weight excluding hydrogens is 232 g/mol. The zero-order chi connectivity index (χ0) is 13.5. The lowest BCUT2D eigenvalue weighted by Crippen LogP contribution is -2.32. The van der Waals surface area contributed by atoms with Crippen LogP contribution < -0.4 is 10.2 Å². The van der Waals surface area contributed by atoms with E-state index < -0.39 is 0 Å². The summed E-state index contributed by atoms with van der Waals surface area (Å²) in [7, 11) is 0. The minimum absolute atomic E-state index is 0.899. The SMILES string of the molecule is CCCCCNc1ccc(N2CCC(C)CC2)cc1. The Morgan fingerprint density at radius 1 is 1.11 bits per heavy atom. The summed E-state index contributed by atoms with van der Waals surface area (Å²) in [5.74, 6) is 0.899. The highest BCUT2D eigenvalue weighted by Gasteiger charge is 2.15. The summed E-state index contributed by atoms with van der Waals surface area (Å²) in [6.45, 7) is 8.12. The summed E-state index contributed by atoms with van der Waals surface area (Å²) in [6.07, 6.45) is 6.53. The molecule has 1 saturated heterocycles. The van der Waals surface area contributed by atoms with E-state index >= 15 is 0 Å². The second kappa shape index (κ2) is 7.42. The Morgan fingerprint density at radius 3 is 2.42 bits per heavy atom. The van der Waals surface area contributed by atoms with Crippen molar-refractivity contribution in [3.63, 3.8) is 0 Å². The van der Waals surface area contributed by atoms with Crippen molar-refractivity contribution in [1.29, 1.82) is 0 Å². The van der Waals surface area contributed by atoms with Crippen LogP contribution in [0.15, 0.2) is 24.3 Å². The van der Waals surface area contributed by atoms with Crippen LogP contribution in [0, 0.1) is 5.92 Å². The van der Waals surface area contributed by atoms with Gasteiger partial charge in [-0.1, -0.05) is 26.7 Å². The quantitative estimate of drug-likeness (QED) is 0.756. The lowest BCUT2D eigenvalue weighted by Gasteiger charge is -2.32. The first kappa shape index (κ1) is 14.2. The van der Waals surface area contributed by atoms with Crippen LogP contribution in [0.1, 0.15) is 46.0 Å². The molecule has 2 heteroatoms. The zero-order valence-electron chi connectivity index (χ0n) is 12.5. The first-order chi connectivity index (χ1) is 9.29. The lowest BCUT2D eigenvalue weighted by molar-refractivity contribution is 0.438. The fraction of sp³-hybridized carbons (Fsp3) is 0.647. The molecule has 2 nitrogen and oxygen atoms in total. The molecule has 1 aliphatic heterocycles. The molecule has 0 saturated carbocycles. The van der Waals surface area contributed by atoms with E-state index in [2.05, 4.69) is 48.3 Å². The number of hydrogen-bond donors (Lipinski definition) is 1. The summed E-state index contributed by atoms with van der Waals surface area (Å²) in [5, 5.41) is 3.50. The Balaban J connectivity index is 1.81. The predicted octanol–water partition coefficient (Wildman–Crippen LogP) is 4.53. The molecule has 1 aromatic carbocycles. The Hall–Kier alpha value is -1.18. The van der Waals surface area contributed by atoms with Crippen molar-refractivity contribution in [2.24, 2.45) is 5.92 Å². The molecule has 0 radical (unpaired) electrons. The maximum atomic E-state index is 3.50. The van der Waals surface area contributed by atoms with E-state index in [0.29, 0.717) is 0 Å². The number of nitrogens with one attached hydrogen (secondary N) is 1. The van der Waals surface area contributed by atoms with E-state index in [0.717, 1.165) is 12.5 Å². The first-order valence-corrected chi connectivity index (χ1v) is 7.88. The smallest absolute Gasteiger partial charge is 0.0367 e. The molecule has 106 valence electrons. The van der Waals surface area contributed by atoms with E-state index in [1.807, 2.05) is 0 Å². The highest BCUT2D eigenvalue weighted by molar-refractivity contribution is 5.55. The molecule has 1 fully saturated rings. The third-order valence-electron chi connectivity index (χ3n) is 4.13. The van der Waals surface area contributed by atoms with Crippen LogP contribution in [0.4, 0.5) is 11.4 Å². The molecule has 0 aromatic heterocycles. The van der Waals surface area contributed by atoms with Crippen LogP contribution in [-0.2, 0) is 0 Å². The Bertz CT molecular complexity index is 350. The van der Waals surface area contributed by atoms with Gasteiger partial charge in [-0.15, -0.1) is 0 Å². The van der Waals surface area contributed by atoms with Gasteiger partial charge in [0.1, 0.15) is 0 Å². The average molecular weight is 260 g/mol. The Morgan fingerprint density at radius 2 is 1.79 bits per heavy atom. The number of benzene rings is 1. The number of unbranched alkanes of at least 4 members (excludes halogenated alkanes) is 2. The van der Waals surface area contributed by atoms with Gasteiger partial charge in [0, 0.05) is 31.0 Å². The molecule has 0 atom stereocenters. The maximum Gasteiger partial charge on any atom is 0.0367 e. The normalized spacial score (nSPS) is 16.6. The van der Waals surface area contributed by atoms with Crippen LogP contribution in [0.25, 0.3) is 0 Å². The molecule has 1 N–H and O–H groups in total. The molecule has 19 heavy (non-hydrogen) atoms. The van der Waals surface area contributed by atoms with E-state index in [1.165, 1.54) is 56.6 Å². The molecule has 0 bridgehead atoms. The Labute approximate surface area is 118 Å². The number of anilines is 2. The minimum atomic E-state index is 0.899. The topological polar surface area (TPSA) is 15.3 Å². The van der Waals surface area contributed by atoms with Crippen molar-refractivity contribution in [3.05, 3.63) is 24.3 Å². The number of hydrogen-bond acceptors (Lipinski definition) is 2. The van der Waals surface area contributed by atoms with Gasteiger partial charge in [-0.25, -0.2) is 0 Å². The number of nitrogens with zero attached hydrogens (tertiary/aromatic N) is 1. The fourth-order valence-corrected chi connectivity index (χ4v) is 2.66. The molecule has 0 aliphatic carbocycles. The molecular formula is C17H28N2. The van der Waals surface area contributed by atoms with Crippen molar-refractivity contribution in [2.75, 3.05) is 29.9 Å². The number of rotatable bonds is 6. The van der Waals surface area contributed by atoms with Gasteiger partial charge in [0.2, 0.25) is 0 Å². The summed E-state index contributed by atoms with van der Waals surface area (Å²) in [5.41, 5.74) is 2.64. The summed E-state index contributed by atoms with van der Waals surface area (Å²) in [6, 6.07) is 8.97. The molecule has 2 rings (SSSR count). The average Bonchev–Trinajstić information content (AvgIpc) is 2.45. The van der Waals surface area contributed by atoms with Crippen molar-refractivity contribution < 1.29 is 0 Å². The summed E-state index contributed by atoms with van der Waals surface area (Å²) >= 11 is 0. The van der Waals surface area contributed by atoms with Gasteiger partial charge in [-0.05, 0) is 49.4 Å². The number of piperidine rings is 1. The second-order valence-electron chi connectivity index (χ2n) is 5.85. The predicted molar refractivity (Wildman–Crippen MR) is 85.1 cm³/mol. The van der Waals surface area contributed by atoms with Gasteiger partial charge < -0.3 is 10.2 Å². The van der Waals surface area contributed by atoms with Gasteiger partial charge in [-0.2, -0.15) is 0 Å². The highest BCUT2D eigenvalue weighted by atomic mass is 15.1. The second-order valence-corrected chi connectivity index (χ2v) is 5.85. The molecule has 0 amide bonds. The lowest BCUT2D eigenvalue weighted by atomic mass is 9.99. The van der Waals surface area contributed by atoms with E-state index in [4.69, 9.17) is 0 Å². The van der Waals surface area contributed by atoms with Crippen LogP contribution in [0.5, 0.6) is 0 Å². The van der Waals surface area contributed by atoms with Gasteiger partial charge in [-0.3, -0.25) is 0 Å². The zero-order valence-corrected chi connectivity index (χ0v) is 12.5. The van der Waals surface area contributed by atoms with Crippen LogP contribution in [0.3, 0.4) is 0 Å². The Kier molecular flexibility index (Phi) is 5.56. The molecule has 1 aromatic rings. The first-order valence-electron chi connectivity index (χ1n) is 7.88. The standard InChI is InChI=1S/C17H28N2/c1-3-4-5-12-18-16-6-8-17(9-7-16)19-13-10-15(2)11-14-19/h6-9,15,18H,3-5,10-14H2,1-2H3. The third kappa shape index (κ3) is 4.45. The molecule has 0 spiro atoms. The minimum Gasteiger partial charge on any atom is -0.385 e. The van der Waals surface area contributed by atoms with Gasteiger partial charge in [0.25, 0.3) is 0 Å². The van der Waals surface area contributed by atoms with Crippen LogP contribution >= 0.6 is 0 Å². The van der Waals surface area contributed by atoms with Gasteiger partial charge in [0.05, 0.1) is 0 Å². The molecule has 0 unspecified atom stereocenters. The molecule has 1 aliphatic rings. The van der Waals surface area contributed by atoms with Crippen molar-refractivity contribution in [3.8, 4) is 0 Å². The monoisotopic (exact) mass is 260 g/mol. The summed E-state index contributed by atoms with van der Waals surface area (Å²) in [4.78, 5) is 2.51. The largest absolute Gasteiger partial charge is 0.385 e. The van der Waals surface area contributed by atoms with Crippen molar-refractivity contribution in [1.82, 2.24) is 0 Å². The van der Waals surface area contributed by atoms with E-state index in [9.17, 15) is 0 Å².